The molecule has 0 aliphatic carbocycles. The molecule has 2 N–H and O–H groups in total. The van der Waals surface area contributed by atoms with Gasteiger partial charge >= 0.3 is 5.97 Å². The lowest BCUT2D eigenvalue weighted by Crippen LogP contribution is -2.30. The molecule has 0 saturated heterocycles. The maximum absolute atomic E-state index is 13.5. The van der Waals surface area contributed by atoms with E-state index in [0.29, 0.717) is 4.88 Å². The number of carbonyl (C=O) groups is 1. The van der Waals surface area contributed by atoms with Crippen LogP contribution in [0, 0.1) is 12.7 Å². The van der Waals surface area contributed by atoms with Crippen molar-refractivity contribution in [3.63, 3.8) is 0 Å². The van der Waals surface area contributed by atoms with Crippen LogP contribution < -0.4 is 4.72 Å². The van der Waals surface area contributed by atoms with Gasteiger partial charge in [0.25, 0.3) is 0 Å². The zero-order valence-corrected chi connectivity index (χ0v) is 13.2. The van der Waals surface area contributed by atoms with Crippen molar-refractivity contribution in [2.24, 2.45) is 0 Å². The first kappa shape index (κ1) is 16.6. The summed E-state index contributed by atoms with van der Waals surface area (Å²) in [4.78, 5) is 11.3. The fourth-order valence-electron chi connectivity index (χ4n) is 1.99. The molecule has 1 aromatic heterocycles. The van der Waals surface area contributed by atoms with Gasteiger partial charge in [-0.25, -0.2) is 17.5 Å². The van der Waals surface area contributed by atoms with Crippen LogP contribution in [0.3, 0.4) is 0 Å². The molecule has 0 radical (unpaired) electrons. The predicted octanol–water partition coefficient (Wildman–Crippen LogP) is 2.69. The van der Waals surface area contributed by atoms with Gasteiger partial charge in [-0.2, -0.15) is 0 Å². The second kappa shape index (κ2) is 6.55. The van der Waals surface area contributed by atoms with E-state index in [1.54, 1.807) is 17.5 Å². The fraction of sp³-hybridized carbons (Fsp3) is 0.214. The maximum Gasteiger partial charge on any atom is 0.305 e. The summed E-state index contributed by atoms with van der Waals surface area (Å²) >= 11 is 1.25. The summed E-state index contributed by atoms with van der Waals surface area (Å²) in [5.74, 6) is -1.76. The van der Waals surface area contributed by atoms with Gasteiger partial charge < -0.3 is 5.11 Å². The van der Waals surface area contributed by atoms with E-state index >= 15 is 0 Å². The minimum Gasteiger partial charge on any atom is -0.481 e. The van der Waals surface area contributed by atoms with Crippen LogP contribution in [0.15, 0.2) is 40.6 Å². The Labute approximate surface area is 131 Å². The zero-order chi connectivity index (χ0) is 16.3. The maximum atomic E-state index is 13.5. The Morgan fingerprint density at radius 2 is 2.09 bits per heavy atom. The fourth-order valence-corrected chi connectivity index (χ4v) is 4.32. The van der Waals surface area contributed by atoms with E-state index in [4.69, 9.17) is 5.11 Å². The number of carboxylic acids is 1. The molecule has 1 atom stereocenters. The average molecular weight is 343 g/mol. The van der Waals surface area contributed by atoms with E-state index in [1.165, 1.54) is 36.5 Å². The Morgan fingerprint density at radius 1 is 1.36 bits per heavy atom. The standard InChI is InChI=1S/C14H14FNO4S2/c1-9-10(15)4-2-6-13(9)22(19,20)16-11(8-14(17)18)12-5-3-7-21-12/h2-7,11,16H,8H2,1H3,(H,17,18). The Balaban J connectivity index is 2.36. The quantitative estimate of drug-likeness (QED) is 0.845. The highest BCUT2D eigenvalue weighted by atomic mass is 32.2. The molecular formula is C14H14FNO4S2. The van der Waals surface area contributed by atoms with E-state index in [9.17, 15) is 17.6 Å². The number of benzene rings is 1. The summed E-state index contributed by atoms with van der Waals surface area (Å²) in [5, 5.41) is 10.7. The van der Waals surface area contributed by atoms with Crippen molar-refractivity contribution in [1.82, 2.24) is 4.72 Å². The lowest BCUT2D eigenvalue weighted by atomic mass is 10.2. The number of halogens is 1. The number of thiophene rings is 1. The van der Waals surface area contributed by atoms with Crippen molar-refractivity contribution in [2.45, 2.75) is 24.3 Å². The van der Waals surface area contributed by atoms with Crippen molar-refractivity contribution in [3.8, 4) is 0 Å². The highest BCUT2D eigenvalue weighted by Crippen LogP contribution is 2.26. The third kappa shape index (κ3) is 3.70. The number of carboxylic acid groups (broad SMARTS) is 1. The Hall–Kier alpha value is -1.77. The van der Waals surface area contributed by atoms with Crippen LogP contribution in [0.4, 0.5) is 4.39 Å². The van der Waals surface area contributed by atoms with E-state index in [-0.39, 0.29) is 10.5 Å². The molecule has 2 rings (SSSR count). The lowest BCUT2D eigenvalue weighted by molar-refractivity contribution is -0.137. The summed E-state index contributed by atoms with van der Waals surface area (Å²) in [6.45, 7) is 1.36. The van der Waals surface area contributed by atoms with Gasteiger partial charge in [-0.1, -0.05) is 12.1 Å². The second-order valence-electron chi connectivity index (χ2n) is 4.65. The molecule has 0 aliphatic heterocycles. The van der Waals surface area contributed by atoms with Crippen LogP contribution in [0.2, 0.25) is 0 Å². The van der Waals surface area contributed by atoms with Crippen molar-refractivity contribution >= 4 is 27.3 Å². The molecule has 1 unspecified atom stereocenters. The summed E-state index contributed by atoms with van der Waals surface area (Å²) < 4.78 is 40.7. The Bertz CT molecular complexity index is 772. The molecule has 0 fully saturated rings. The van der Waals surface area contributed by atoms with Gasteiger partial charge in [0, 0.05) is 10.4 Å². The summed E-state index contributed by atoms with van der Waals surface area (Å²) in [6.07, 6.45) is -0.395. The third-order valence-electron chi connectivity index (χ3n) is 3.07. The molecular weight excluding hydrogens is 329 g/mol. The number of sulfonamides is 1. The van der Waals surface area contributed by atoms with E-state index in [0.717, 1.165) is 0 Å². The van der Waals surface area contributed by atoms with Crippen molar-refractivity contribution in [2.75, 3.05) is 0 Å². The average Bonchev–Trinajstić information content (AvgIpc) is 2.94. The number of hydrogen-bond acceptors (Lipinski definition) is 4. The topological polar surface area (TPSA) is 83.5 Å². The number of rotatable bonds is 6. The molecule has 0 bridgehead atoms. The normalized spacial score (nSPS) is 13.0. The molecule has 0 aliphatic rings. The van der Waals surface area contributed by atoms with Crippen LogP contribution in [0.1, 0.15) is 22.9 Å². The van der Waals surface area contributed by atoms with Gasteiger partial charge in [0.2, 0.25) is 10.0 Å². The first-order valence-corrected chi connectivity index (χ1v) is 8.70. The molecule has 0 saturated carbocycles. The van der Waals surface area contributed by atoms with E-state index < -0.39 is 34.3 Å². The third-order valence-corrected chi connectivity index (χ3v) is 5.67. The van der Waals surface area contributed by atoms with Gasteiger partial charge in [0.1, 0.15) is 5.82 Å². The largest absolute Gasteiger partial charge is 0.481 e. The van der Waals surface area contributed by atoms with E-state index in [2.05, 4.69) is 4.72 Å². The van der Waals surface area contributed by atoms with Crippen LogP contribution in [0.25, 0.3) is 0 Å². The Morgan fingerprint density at radius 3 is 2.68 bits per heavy atom. The minimum absolute atomic E-state index is 0.00439. The summed E-state index contributed by atoms with van der Waals surface area (Å²) in [6, 6.07) is 6.21. The molecule has 0 amide bonds. The first-order valence-electron chi connectivity index (χ1n) is 6.34. The molecule has 0 spiro atoms. The van der Waals surface area contributed by atoms with Crippen LogP contribution >= 0.6 is 11.3 Å². The highest BCUT2D eigenvalue weighted by molar-refractivity contribution is 7.89. The van der Waals surface area contributed by atoms with Crippen molar-refractivity contribution < 1.29 is 22.7 Å². The van der Waals surface area contributed by atoms with Crippen molar-refractivity contribution in [1.29, 1.82) is 0 Å². The van der Waals surface area contributed by atoms with E-state index in [1.807, 2.05) is 0 Å². The van der Waals surface area contributed by atoms with Crippen LogP contribution in [-0.4, -0.2) is 19.5 Å². The molecule has 1 heterocycles. The predicted molar refractivity (Wildman–Crippen MR) is 80.8 cm³/mol. The minimum atomic E-state index is -4.03. The van der Waals surface area contributed by atoms with Crippen LogP contribution in [0.5, 0.6) is 0 Å². The van der Waals surface area contributed by atoms with Crippen molar-refractivity contribution in [3.05, 3.63) is 52.0 Å². The van der Waals surface area contributed by atoms with Gasteiger partial charge in [-0.15, -0.1) is 11.3 Å². The molecule has 1 aromatic carbocycles. The molecule has 5 nitrogen and oxygen atoms in total. The van der Waals surface area contributed by atoms with Gasteiger partial charge in [-0.3, -0.25) is 4.79 Å². The summed E-state index contributed by atoms with van der Waals surface area (Å²) in [5.41, 5.74) is -0.00439. The smallest absolute Gasteiger partial charge is 0.305 e. The molecule has 22 heavy (non-hydrogen) atoms. The number of nitrogens with one attached hydrogen (secondary N) is 1. The van der Waals surface area contributed by atoms with Gasteiger partial charge in [0.05, 0.1) is 17.4 Å². The zero-order valence-electron chi connectivity index (χ0n) is 11.6. The molecule has 118 valence electrons. The lowest BCUT2D eigenvalue weighted by Gasteiger charge is -2.17. The summed E-state index contributed by atoms with van der Waals surface area (Å²) in [7, 11) is -4.03. The Kier molecular flexibility index (Phi) is 4.94. The highest BCUT2D eigenvalue weighted by Gasteiger charge is 2.26. The first-order chi connectivity index (χ1) is 10.3. The number of aliphatic carboxylic acids is 1. The molecule has 2 aromatic rings. The van der Waals surface area contributed by atoms with Gasteiger partial charge in [0.15, 0.2) is 0 Å². The number of hydrogen-bond donors (Lipinski definition) is 2. The van der Waals surface area contributed by atoms with Crippen LogP contribution in [-0.2, 0) is 14.8 Å². The second-order valence-corrected chi connectivity index (χ2v) is 7.31. The monoisotopic (exact) mass is 343 g/mol. The van der Waals surface area contributed by atoms with Gasteiger partial charge in [-0.05, 0) is 30.5 Å². The molecule has 8 heteroatoms. The SMILES string of the molecule is Cc1c(F)cccc1S(=O)(=O)NC(CC(=O)O)c1cccs1.